The topological polar surface area (TPSA) is 16.4 Å². The number of allylic oxidation sites excluding steroid dienone is 1. The highest BCUT2D eigenvalue weighted by Crippen LogP contribution is 2.57. The van der Waals surface area contributed by atoms with Crippen molar-refractivity contribution in [2.24, 2.45) is 0 Å². The minimum atomic E-state index is -1.21. The molecule has 2 nitrogen and oxygen atoms in total. The summed E-state index contributed by atoms with van der Waals surface area (Å²) in [5.74, 6) is 0.654. The Kier molecular flexibility index (Phi) is 11.0. The molecule has 1 atom stereocenters. The maximum atomic E-state index is 7.43. The first-order valence-electron chi connectivity index (χ1n) is 25.0. The summed E-state index contributed by atoms with van der Waals surface area (Å²) >= 11 is 0. The molecule has 1 unspecified atom stereocenters. The molecule has 1 aliphatic heterocycles. The van der Waals surface area contributed by atoms with Gasteiger partial charge < -0.3 is 9.32 Å². The third-order valence-electron chi connectivity index (χ3n) is 15.9. The molecule has 0 bridgehead atoms. The Balaban J connectivity index is 1.10. The second kappa shape index (κ2) is 17.6. The molecule has 0 amide bonds. The third kappa shape index (κ3) is 6.77. The monoisotopic (exact) mass is 936 g/mol. The van der Waals surface area contributed by atoms with Crippen LogP contribution in [0.25, 0.3) is 66.0 Å². The number of benzene rings is 10. The zero-order valence-electron chi connectivity index (χ0n) is 41.5. The number of hydrogen-bond donors (Lipinski definition) is 0. The van der Waals surface area contributed by atoms with Crippen molar-refractivity contribution < 1.29 is 4.42 Å². The predicted molar refractivity (Wildman–Crippen MR) is 325 cm³/mol. The minimum Gasteiger partial charge on any atom is -0.455 e. The van der Waals surface area contributed by atoms with E-state index in [0.29, 0.717) is 49.7 Å². The van der Waals surface area contributed by atoms with Crippen molar-refractivity contribution >= 4 is 167 Å². The van der Waals surface area contributed by atoms with Gasteiger partial charge in [0.25, 0.3) is 0 Å². The Morgan fingerprint density at radius 2 is 1.12 bits per heavy atom. The van der Waals surface area contributed by atoms with Gasteiger partial charge in [-0.15, -0.1) is 27.3 Å². The second-order valence-electron chi connectivity index (χ2n) is 19.7. The first kappa shape index (κ1) is 46.8. The van der Waals surface area contributed by atoms with Crippen LogP contribution in [0.5, 0.6) is 0 Å². The summed E-state index contributed by atoms with van der Waals surface area (Å²) in [7, 11) is 51.2. The molecule has 10 aromatic carbocycles. The maximum absolute atomic E-state index is 7.43. The van der Waals surface area contributed by atoms with Gasteiger partial charge in [-0.1, -0.05) is 180 Å². The van der Waals surface area contributed by atoms with E-state index >= 15 is 0 Å². The Bertz CT molecular complexity index is 4230. The fourth-order valence-electron chi connectivity index (χ4n) is 12.2. The molecule has 10 heteroatoms. The Morgan fingerprint density at radius 3 is 1.89 bits per heavy atom. The van der Waals surface area contributed by atoms with Gasteiger partial charge in [0.2, 0.25) is 0 Å². The van der Waals surface area contributed by atoms with E-state index in [-0.39, 0.29) is 16.4 Å². The molecule has 0 saturated heterocycles. The van der Waals surface area contributed by atoms with Crippen LogP contribution in [0.15, 0.2) is 193 Å². The highest BCUT2D eigenvalue weighted by Gasteiger charge is 2.52. The van der Waals surface area contributed by atoms with Crippen LogP contribution in [0.2, 0.25) is 0 Å². The molecule has 1 aromatic heterocycles. The number of furan rings is 1. The summed E-state index contributed by atoms with van der Waals surface area (Å²) in [6.07, 6.45) is 2.15. The van der Waals surface area contributed by atoms with Crippen molar-refractivity contribution in [1.29, 1.82) is 0 Å². The molecule has 13 rings (SSSR count). The van der Waals surface area contributed by atoms with Crippen LogP contribution >= 0.6 is 0 Å². The average Bonchev–Trinajstić information content (AvgIpc) is 3.99. The van der Waals surface area contributed by atoms with E-state index in [0.717, 1.165) is 94.5 Å². The van der Waals surface area contributed by atoms with E-state index in [1.165, 1.54) is 10.8 Å². The first-order valence-corrected chi connectivity index (χ1v) is 25.0. The van der Waals surface area contributed by atoms with Gasteiger partial charge in [0.05, 0.1) is 16.7 Å². The number of para-hydroxylation sites is 1. The smallest absolute Gasteiger partial charge is 0.190 e. The van der Waals surface area contributed by atoms with Crippen molar-refractivity contribution in [3.8, 4) is 22.3 Å². The van der Waals surface area contributed by atoms with Gasteiger partial charge >= 0.3 is 0 Å². The van der Waals surface area contributed by atoms with Crippen LogP contribution in [-0.4, -0.2) is 62.2 Å². The summed E-state index contributed by atoms with van der Waals surface area (Å²) in [5, 5.41) is 5.48. The first-order chi connectivity index (χ1) is 36.4. The average molecular weight is 936 g/mol. The lowest BCUT2D eigenvalue weighted by molar-refractivity contribution is 0.599. The molecule has 0 fully saturated rings. The number of rotatable bonds is 7. The highest BCUT2D eigenvalue weighted by atomic mass is 16.3. The summed E-state index contributed by atoms with van der Waals surface area (Å²) in [4.78, 5) is 2.30. The van der Waals surface area contributed by atoms with Crippen LogP contribution in [0.1, 0.15) is 51.6 Å². The van der Waals surface area contributed by atoms with Crippen LogP contribution in [0.4, 0.5) is 11.4 Å². The van der Waals surface area contributed by atoms with Gasteiger partial charge in [-0.3, -0.25) is 0 Å². The maximum Gasteiger partial charge on any atom is 0.190 e. The lowest BCUT2D eigenvalue weighted by atomic mass is 9.39. The van der Waals surface area contributed by atoms with Gasteiger partial charge in [0.1, 0.15) is 66.3 Å². The SMILES string of the molecule is [B]c1c([B])c([B])c2c(c1[B])[B]c1c([B])c([B])c(C)c([B])c1C21c2ccccc2-c2ccc(N(/C(=C/C)c3c(C(=C)c4cccc5ccccc45)oc4ccccc34)c3ccc(-c4ccc5ccccc5c4)cc3)cc21. The summed E-state index contributed by atoms with van der Waals surface area (Å²) in [6.45, 7) is 8.77. The lowest BCUT2D eigenvalue weighted by Crippen LogP contribution is -2.69. The molecule has 0 N–H and O–H groups in total. The largest absolute Gasteiger partial charge is 0.455 e. The Morgan fingerprint density at radius 1 is 0.520 bits per heavy atom. The predicted octanol–water partition coefficient (Wildman–Crippen LogP) is 6.86. The molecule has 75 heavy (non-hydrogen) atoms. The van der Waals surface area contributed by atoms with Crippen molar-refractivity contribution in [2.45, 2.75) is 19.3 Å². The van der Waals surface area contributed by atoms with E-state index in [2.05, 4.69) is 163 Å². The molecule has 333 valence electrons. The van der Waals surface area contributed by atoms with Crippen LogP contribution < -0.4 is 54.1 Å². The molecule has 15 radical (unpaired) electrons. The summed E-state index contributed by atoms with van der Waals surface area (Å²) < 4.78 is 7.00. The molecule has 0 saturated carbocycles. The third-order valence-corrected chi connectivity index (χ3v) is 15.9. The molecule has 2 heterocycles. The van der Waals surface area contributed by atoms with Crippen molar-refractivity contribution in [3.05, 3.63) is 233 Å². The fourth-order valence-corrected chi connectivity index (χ4v) is 12.2. The molecular formula is C65H38B8NO. The second-order valence-corrected chi connectivity index (χ2v) is 19.7. The molecule has 2 aliphatic rings. The molecule has 11 aromatic rings. The number of fused-ring (bicyclic) bond motifs is 12. The lowest BCUT2D eigenvalue weighted by Gasteiger charge is -2.46. The zero-order chi connectivity index (χ0) is 51.6. The van der Waals surface area contributed by atoms with Crippen molar-refractivity contribution in [1.82, 2.24) is 0 Å². The molecular weight excluding hydrogens is 897 g/mol. The van der Waals surface area contributed by atoms with E-state index in [1.807, 2.05) is 44.5 Å². The normalized spacial score (nSPS) is 14.4. The summed E-state index contributed by atoms with van der Waals surface area (Å²) in [5.41, 5.74) is 16.3. The molecule has 1 aliphatic carbocycles. The van der Waals surface area contributed by atoms with Gasteiger partial charge in [0, 0.05) is 22.3 Å². The van der Waals surface area contributed by atoms with Crippen molar-refractivity contribution in [3.63, 3.8) is 0 Å². The number of anilines is 2. The van der Waals surface area contributed by atoms with Gasteiger partial charge in [-0.2, -0.15) is 0 Å². The van der Waals surface area contributed by atoms with Crippen LogP contribution in [-0.2, 0) is 5.41 Å². The Labute approximate surface area is 448 Å². The van der Waals surface area contributed by atoms with Crippen LogP contribution in [0, 0.1) is 6.92 Å². The number of hydrogen-bond acceptors (Lipinski definition) is 2. The van der Waals surface area contributed by atoms with Gasteiger partial charge in [-0.25, -0.2) is 0 Å². The zero-order valence-corrected chi connectivity index (χ0v) is 41.5. The van der Waals surface area contributed by atoms with E-state index in [1.54, 1.807) is 0 Å². The van der Waals surface area contributed by atoms with E-state index in [4.69, 9.17) is 65.9 Å². The van der Waals surface area contributed by atoms with Gasteiger partial charge in [0.15, 0.2) is 7.28 Å². The fraction of sp³-hybridized carbons (Fsp3) is 0.0462. The minimum absolute atomic E-state index is 0.192. The molecule has 1 spiro atoms. The standard InChI is InChI=1S/C65H38B8NO/c1-4-50(52-47-20-10-12-23-51(47)75-64(52)34(2)43-21-13-17-38-15-7-8-18-44(38)43)74(41-28-26-37(27-29-41)40-25-24-36-14-5-6-16-39(36)32-40)42-30-31-46-45-19-9-11-22-48(45)65(49(46)33-42)53-55(66)35(3)56(67)60(71)62(53)73-63-54(65)57(68)58(69)59(70)61(63)72/h4-33H,2H2,1,3H3/b50-4+. The van der Waals surface area contributed by atoms with Crippen LogP contribution in [0.3, 0.4) is 0 Å². The Hall–Kier alpha value is -7.94. The highest BCUT2D eigenvalue weighted by molar-refractivity contribution is 6.81. The van der Waals surface area contributed by atoms with Crippen molar-refractivity contribution in [2.75, 3.05) is 4.90 Å². The van der Waals surface area contributed by atoms with E-state index in [9.17, 15) is 0 Å². The van der Waals surface area contributed by atoms with E-state index < -0.39 is 5.41 Å². The summed E-state index contributed by atoms with van der Waals surface area (Å²) in [6, 6.07) is 61.5. The quantitative estimate of drug-likeness (QED) is 0.163. The van der Waals surface area contributed by atoms with Gasteiger partial charge in [-0.05, 0) is 122 Å². The number of nitrogens with zero attached hydrogens (tertiary/aromatic N) is 1.